The summed E-state index contributed by atoms with van der Waals surface area (Å²) < 4.78 is 10.7. The normalized spacial score (nSPS) is 23.2. The fraction of sp³-hybridized carbons (Fsp3) is 0.625. The lowest BCUT2D eigenvalue weighted by molar-refractivity contribution is -0.142. The molecule has 8 nitrogen and oxygen atoms in total. The van der Waals surface area contributed by atoms with Gasteiger partial charge in [-0.1, -0.05) is 13.3 Å². The topological polar surface area (TPSA) is 88.2 Å². The molecule has 0 aliphatic carbocycles. The molecule has 3 atom stereocenters. The predicted molar refractivity (Wildman–Crippen MR) is 122 cm³/mol. The van der Waals surface area contributed by atoms with Crippen molar-refractivity contribution in [1.29, 1.82) is 0 Å². The number of hydrogen-bond acceptors (Lipinski definition) is 5. The van der Waals surface area contributed by atoms with E-state index in [1.807, 2.05) is 6.92 Å². The quantitative estimate of drug-likeness (QED) is 0.622. The van der Waals surface area contributed by atoms with Gasteiger partial charge in [-0.05, 0) is 38.3 Å². The third-order valence-corrected chi connectivity index (χ3v) is 6.52. The Morgan fingerprint density at radius 3 is 2.59 bits per heavy atom. The molecule has 3 amide bonds. The number of anilines is 1. The summed E-state index contributed by atoms with van der Waals surface area (Å²) in [6.45, 7) is 5.47. The summed E-state index contributed by atoms with van der Waals surface area (Å²) in [6, 6.07) is 5.33. The van der Waals surface area contributed by atoms with Gasteiger partial charge in [-0.2, -0.15) is 0 Å². The molecule has 1 N–H and O–H groups in total. The molecule has 3 unspecified atom stereocenters. The molecule has 3 rings (SSSR count). The van der Waals surface area contributed by atoms with E-state index in [-0.39, 0.29) is 42.6 Å². The average Bonchev–Trinajstić information content (AvgIpc) is 3.19. The highest BCUT2D eigenvalue weighted by molar-refractivity contribution is 6.01. The van der Waals surface area contributed by atoms with E-state index in [2.05, 4.69) is 12.2 Å². The summed E-state index contributed by atoms with van der Waals surface area (Å²) in [5.41, 5.74) is 0.604. The van der Waals surface area contributed by atoms with E-state index in [0.29, 0.717) is 30.3 Å². The summed E-state index contributed by atoms with van der Waals surface area (Å²) in [5, 5.41) is 2.99. The Kier molecular flexibility index (Phi) is 7.99. The maximum atomic E-state index is 13.4. The van der Waals surface area contributed by atoms with Crippen LogP contribution in [0.1, 0.15) is 46.0 Å². The maximum absolute atomic E-state index is 13.4. The molecular weight excluding hydrogens is 410 g/mol. The number of rotatable bonds is 8. The van der Waals surface area contributed by atoms with E-state index < -0.39 is 5.92 Å². The molecule has 2 fully saturated rings. The van der Waals surface area contributed by atoms with Gasteiger partial charge in [0.15, 0.2) is 0 Å². The first kappa shape index (κ1) is 23.9. The van der Waals surface area contributed by atoms with Gasteiger partial charge < -0.3 is 24.6 Å². The fourth-order valence-corrected chi connectivity index (χ4v) is 4.51. The second-order valence-corrected chi connectivity index (χ2v) is 8.70. The van der Waals surface area contributed by atoms with Crippen LogP contribution in [-0.4, -0.2) is 62.5 Å². The van der Waals surface area contributed by atoms with Crippen LogP contribution >= 0.6 is 0 Å². The fourth-order valence-electron chi connectivity index (χ4n) is 4.51. The van der Waals surface area contributed by atoms with Gasteiger partial charge in [-0.25, -0.2) is 0 Å². The van der Waals surface area contributed by atoms with Crippen molar-refractivity contribution in [2.75, 3.05) is 38.8 Å². The molecular formula is C24H35N3O5. The number of carbonyl (C=O) groups excluding carboxylic acids is 3. The number of carbonyl (C=O) groups is 3. The van der Waals surface area contributed by atoms with Crippen molar-refractivity contribution >= 4 is 23.4 Å². The van der Waals surface area contributed by atoms with E-state index in [4.69, 9.17) is 9.47 Å². The van der Waals surface area contributed by atoms with Crippen LogP contribution in [0.3, 0.4) is 0 Å². The molecule has 0 saturated carbocycles. The Morgan fingerprint density at radius 1 is 1.12 bits per heavy atom. The Hall–Kier alpha value is -2.77. The van der Waals surface area contributed by atoms with Crippen molar-refractivity contribution in [3.05, 3.63) is 18.2 Å². The van der Waals surface area contributed by atoms with Gasteiger partial charge in [0.1, 0.15) is 11.5 Å². The largest absolute Gasteiger partial charge is 0.497 e. The van der Waals surface area contributed by atoms with E-state index >= 15 is 0 Å². The summed E-state index contributed by atoms with van der Waals surface area (Å²) in [4.78, 5) is 42.2. The first-order chi connectivity index (χ1) is 15.4. The third kappa shape index (κ3) is 5.16. The highest BCUT2D eigenvalue weighted by atomic mass is 16.5. The van der Waals surface area contributed by atoms with Crippen LogP contribution in [-0.2, 0) is 14.4 Å². The molecule has 2 heterocycles. The zero-order chi connectivity index (χ0) is 23.3. The van der Waals surface area contributed by atoms with Gasteiger partial charge in [0.2, 0.25) is 17.7 Å². The smallest absolute Gasteiger partial charge is 0.228 e. The number of nitrogens with zero attached hydrogens (tertiary/aromatic N) is 2. The molecule has 2 saturated heterocycles. The van der Waals surface area contributed by atoms with Crippen LogP contribution in [0.5, 0.6) is 11.5 Å². The minimum Gasteiger partial charge on any atom is -0.497 e. The van der Waals surface area contributed by atoms with Crippen molar-refractivity contribution in [3.8, 4) is 11.5 Å². The van der Waals surface area contributed by atoms with Crippen LogP contribution in [0.2, 0.25) is 0 Å². The summed E-state index contributed by atoms with van der Waals surface area (Å²) in [5.74, 6) is 0.386. The molecule has 0 radical (unpaired) electrons. The van der Waals surface area contributed by atoms with Crippen molar-refractivity contribution in [2.45, 2.75) is 52.0 Å². The van der Waals surface area contributed by atoms with Crippen LogP contribution in [0, 0.1) is 11.8 Å². The first-order valence-corrected chi connectivity index (χ1v) is 11.5. The standard InChI is InChI=1S/C24H35N3O5/c1-5-6-11-25-23(29)17-8-7-16(2)26(14-17)24(30)18-12-22(28)27(15-18)20-13-19(31-3)9-10-21(20)32-4/h9-10,13,16-18H,5-8,11-12,14-15H2,1-4H3,(H,25,29). The molecule has 32 heavy (non-hydrogen) atoms. The number of likely N-dealkylation sites (tertiary alicyclic amines) is 1. The minimum atomic E-state index is -0.442. The van der Waals surface area contributed by atoms with Crippen molar-refractivity contribution in [3.63, 3.8) is 0 Å². The SMILES string of the molecule is CCCCNC(=O)C1CCC(C)N(C(=O)C2CC(=O)N(c3cc(OC)ccc3OC)C2)C1. The Bertz CT molecular complexity index is 843. The Balaban J connectivity index is 1.70. The zero-order valence-corrected chi connectivity index (χ0v) is 19.6. The van der Waals surface area contributed by atoms with Gasteiger partial charge in [-0.15, -0.1) is 0 Å². The average molecular weight is 446 g/mol. The number of ether oxygens (including phenoxy) is 2. The van der Waals surface area contributed by atoms with Gasteiger partial charge >= 0.3 is 0 Å². The molecule has 1 aromatic rings. The number of unbranched alkanes of at least 4 members (excludes halogenated alkanes) is 1. The van der Waals surface area contributed by atoms with Gasteiger partial charge in [0.05, 0.1) is 31.7 Å². The number of nitrogens with one attached hydrogen (secondary N) is 1. The zero-order valence-electron chi connectivity index (χ0n) is 19.6. The lowest BCUT2D eigenvalue weighted by Crippen LogP contribution is -2.51. The number of methoxy groups -OCH3 is 2. The maximum Gasteiger partial charge on any atom is 0.228 e. The van der Waals surface area contributed by atoms with Crippen LogP contribution in [0.25, 0.3) is 0 Å². The molecule has 176 valence electrons. The van der Waals surface area contributed by atoms with E-state index in [0.717, 1.165) is 25.7 Å². The second-order valence-electron chi connectivity index (χ2n) is 8.70. The van der Waals surface area contributed by atoms with Crippen molar-refractivity contribution < 1.29 is 23.9 Å². The number of amides is 3. The highest BCUT2D eigenvalue weighted by Gasteiger charge is 2.41. The summed E-state index contributed by atoms with van der Waals surface area (Å²) in [6.07, 6.45) is 3.68. The summed E-state index contributed by atoms with van der Waals surface area (Å²) >= 11 is 0. The summed E-state index contributed by atoms with van der Waals surface area (Å²) in [7, 11) is 3.12. The van der Waals surface area contributed by atoms with E-state index in [9.17, 15) is 14.4 Å². The Morgan fingerprint density at radius 2 is 1.91 bits per heavy atom. The van der Waals surface area contributed by atoms with Crippen LogP contribution in [0.4, 0.5) is 5.69 Å². The third-order valence-electron chi connectivity index (χ3n) is 6.52. The Labute approximate surface area is 190 Å². The molecule has 8 heteroatoms. The molecule has 0 aromatic heterocycles. The second kappa shape index (κ2) is 10.7. The van der Waals surface area contributed by atoms with Gasteiger partial charge in [-0.3, -0.25) is 14.4 Å². The molecule has 1 aromatic carbocycles. The molecule has 0 bridgehead atoms. The van der Waals surface area contributed by atoms with Crippen LogP contribution in [0.15, 0.2) is 18.2 Å². The van der Waals surface area contributed by atoms with E-state index in [1.165, 1.54) is 0 Å². The predicted octanol–water partition coefficient (Wildman–Crippen LogP) is 2.60. The molecule has 0 spiro atoms. The van der Waals surface area contributed by atoms with Crippen molar-refractivity contribution in [1.82, 2.24) is 10.2 Å². The van der Waals surface area contributed by atoms with Gasteiger partial charge in [0.25, 0.3) is 0 Å². The van der Waals surface area contributed by atoms with Crippen LogP contribution < -0.4 is 19.7 Å². The molecule has 2 aliphatic heterocycles. The lowest BCUT2D eigenvalue weighted by Gasteiger charge is -2.38. The first-order valence-electron chi connectivity index (χ1n) is 11.5. The molecule has 2 aliphatic rings. The number of piperidine rings is 1. The highest BCUT2D eigenvalue weighted by Crippen LogP contribution is 2.37. The number of hydrogen-bond donors (Lipinski definition) is 1. The minimum absolute atomic E-state index is 0.0217. The monoisotopic (exact) mass is 445 g/mol. The van der Waals surface area contributed by atoms with Crippen molar-refractivity contribution in [2.24, 2.45) is 11.8 Å². The van der Waals surface area contributed by atoms with Gasteiger partial charge in [0, 0.05) is 38.2 Å². The van der Waals surface area contributed by atoms with E-state index in [1.54, 1.807) is 42.2 Å². The number of benzene rings is 1. The lowest BCUT2D eigenvalue weighted by atomic mass is 9.91.